The monoisotopic (exact) mass is 619 g/mol. The van der Waals surface area contributed by atoms with E-state index in [1.807, 2.05) is 64.2 Å². The molecule has 4 aromatic rings. The summed E-state index contributed by atoms with van der Waals surface area (Å²) >= 11 is 7.86. The number of hydrogen-bond donors (Lipinski definition) is 0. The number of Topliss-reactive ketones (excluding diaryl/α,β-unsaturated/α-hetero) is 1. The van der Waals surface area contributed by atoms with Crippen molar-refractivity contribution in [1.82, 2.24) is 19.9 Å². The van der Waals surface area contributed by atoms with Gasteiger partial charge in [0.2, 0.25) is 5.95 Å². The van der Waals surface area contributed by atoms with Crippen LogP contribution < -0.4 is 4.90 Å². The Balaban J connectivity index is 1.57. The molecule has 1 aliphatic heterocycles. The van der Waals surface area contributed by atoms with E-state index in [1.54, 1.807) is 18.3 Å². The molecule has 0 spiro atoms. The Morgan fingerprint density at radius 1 is 1.05 bits per heavy atom. The standard InChI is InChI=1S/C34H42ClN5O2S/c1-8-25(9-2)39-16-18-40(19-17-39)33-36-15-14-26(38-33)32-37-27-20-21(3)28(30(22(4)41)42-34(5,6)7)29(31(27)43-32)23-10-12-24(35)13-11-23/h10-15,20,25,30H,8-9,16-19H2,1-7H3/t30-/m1/s1. The summed E-state index contributed by atoms with van der Waals surface area (Å²) in [5.74, 6) is 0.702. The minimum atomic E-state index is -0.718. The lowest BCUT2D eigenvalue weighted by Gasteiger charge is -2.38. The first-order chi connectivity index (χ1) is 20.5. The number of carbonyl (C=O) groups excluding carboxylic acids is 1. The van der Waals surface area contributed by atoms with E-state index in [4.69, 9.17) is 26.3 Å². The van der Waals surface area contributed by atoms with Crippen LogP contribution in [0.4, 0.5) is 5.95 Å². The number of fused-ring (bicyclic) bond motifs is 1. The van der Waals surface area contributed by atoms with Crippen molar-refractivity contribution < 1.29 is 9.53 Å². The number of nitrogens with zero attached hydrogens (tertiary/aromatic N) is 5. The Bertz CT molecular complexity index is 1590. The van der Waals surface area contributed by atoms with E-state index >= 15 is 0 Å². The van der Waals surface area contributed by atoms with E-state index in [9.17, 15) is 4.79 Å². The van der Waals surface area contributed by atoms with Gasteiger partial charge in [0.05, 0.1) is 15.8 Å². The van der Waals surface area contributed by atoms with Gasteiger partial charge in [-0.1, -0.05) is 37.6 Å². The molecule has 0 radical (unpaired) electrons. The van der Waals surface area contributed by atoms with Crippen LogP contribution in [0.5, 0.6) is 0 Å². The van der Waals surface area contributed by atoms with Gasteiger partial charge in [0.25, 0.3) is 0 Å². The number of aryl methyl sites for hydroxylation is 1. The Labute approximate surface area is 264 Å². The number of ether oxygens (including phenoxy) is 1. The lowest BCUT2D eigenvalue weighted by atomic mass is 9.90. The summed E-state index contributed by atoms with van der Waals surface area (Å²) in [5.41, 5.74) is 4.89. The number of rotatable bonds is 9. The van der Waals surface area contributed by atoms with Gasteiger partial charge in [0.1, 0.15) is 16.8 Å². The molecule has 5 rings (SSSR count). The molecule has 0 amide bonds. The fourth-order valence-corrected chi connectivity index (χ4v) is 7.19. The summed E-state index contributed by atoms with van der Waals surface area (Å²) < 4.78 is 7.38. The maximum absolute atomic E-state index is 13.1. The maximum atomic E-state index is 13.1. The molecule has 1 saturated heterocycles. The van der Waals surface area contributed by atoms with Crippen LogP contribution in [0, 0.1) is 6.92 Å². The molecule has 1 fully saturated rings. The van der Waals surface area contributed by atoms with Gasteiger partial charge in [-0.05, 0) is 82.9 Å². The number of ketones is 1. The third kappa shape index (κ3) is 6.93. The van der Waals surface area contributed by atoms with Crippen molar-refractivity contribution in [2.75, 3.05) is 31.1 Å². The largest absolute Gasteiger partial charge is 0.360 e. The van der Waals surface area contributed by atoms with Crippen LogP contribution in [0.3, 0.4) is 0 Å². The highest BCUT2D eigenvalue weighted by Gasteiger charge is 2.31. The highest BCUT2D eigenvalue weighted by atomic mass is 35.5. The van der Waals surface area contributed by atoms with E-state index in [2.05, 4.69) is 34.7 Å². The fraction of sp³-hybridized carbons (Fsp3) is 0.471. The second-order valence-corrected chi connectivity index (χ2v) is 13.7. The number of anilines is 1. The van der Waals surface area contributed by atoms with E-state index in [0.717, 1.165) is 75.3 Å². The summed E-state index contributed by atoms with van der Waals surface area (Å²) in [6.45, 7) is 17.9. The molecule has 3 heterocycles. The number of halogens is 1. The van der Waals surface area contributed by atoms with E-state index < -0.39 is 11.7 Å². The molecular formula is C34H42ClN5O2S. The van der Waals surface area contributed by atoms with Crippen molar-refractivity contribution in [2.24, 2.45) is 0 Å². The van der Waals surface area contributed by atoms with Crippen molar-refractivity contribution >= 4 is 44.9 Å². The predicted molar refractivity (Wildman–Crippen MR) is 178 cm³/mol. The molecule has 2 aromatic heterocycles. The lowest BCUT2D eigenvalue weighted by molar-refractivity contribution is -0.138. The van der Waals surface area contributed by atoms with Crippen molar-refractivity contribution in [1.29, 1.82) is 0 Å². The molecule has 1 atom stereocenters. The maximum Gasteiger partial charge on any atom is 0.226 e. The van der Waals surface area contributed by atoms with Crippen LogP contribution >= 0.6 is 22.9 Å². The van der Waals surface area contributed by atoms with Gasteiger partial charge in [-0.25, -0.2) is 15.0 Å². The van der Waals surface area contributed by atoms with Gasteiger partial charge in [-0.15, -0.1) is 11.3 Å². The zero-order chi connectivity index (χ0) is 30.9. The van der Waals surface area contributed by atoms with Crippen molar-refractivity contribution in [3.05, 3.63) is 58.7 Å². The number of benzene rings is 2. The molecule has 0 N–H and O–H groups in total. The average molecular weight is 620 g/mol. The molecule has 0 bridgehead atoms. The van der Waals surface area contributed by atoms with Gasteiger partial charge in [-0.2, -0.15) is 0 Å². The summed E-state index contributed by atoms with van der Waals surface area (Å²) in [6, 6.07) is 12.4. The molecule has 0 unspecified atom stereocenters. The molecule has 228 valence electrons. The smallest absolute Gasteiger partial charge is 0.226 e. The minimum Gasteiger partial charge on any atom is -0.360 e. The van der Waals surface area contributed by atoms with Crippen LogP contribution in [0.2, 0.25) is 5.02 Å². The molecule has 0 saturated carbocycles. The van der Waals surface area contributed by atoms with Crippen molar-refractivity contribution in [3.8, 4) is 21.8 Å². The van der Waals surface area contributed by atoms with Gasteiger partial charge in [0.15, 0.2) is 5.78 Å². The lowest BCUT2D eigenvalue weighted by Crippen LogP contribution is -2.50. The molecule has 7 nitrogen and oxygen atoms in total. The number of carbonyl (C=O) groups is 1. The average Bonchev–Trinajstić information content (AvgIpc) is 3.40. The van der Waals surface area contributed by atoms with Crippen LogP contribution in [0.25, 0.3) is 32.0 Å². The zero-order valence-electron chi connectivity index (χ0n) is 26.3. The minimum absolute atomic E-state index is 0.0398. The molecule has 43 heavy (non-hydrogen) atoms. The molecular weight excluding hydrogens is 578 g/mol. The van der Waals surface area contributed by atoms with Crippen LogP contribution in [0.1, 0.15) is 71.6 Å². The fourth-order valence-electron chi connectivity index (χ4n) is 5.97. The molecule has 2 aromatic carbocycles. The summed E-state index contributed by atoms with van der Waals surface area (Å²) in [6.07, 6.45) is 3.46. The van der Waals surface area contributed by atoms with Gasteiger partial charge in [-0.3, -0.25) is 9.69 Å². The second kappa shape index (κ2) is 13.0. The third-order valence-electron chi connectivity index (χ3n) is 8.08. The van der Waals surface area contributed by atoms with Crippen LogP contribution in [0.15, 0.2) is 42.6 Å². The predicted octanol–water partition coefficient (Wildman–Crippen LogP) is 8.14. The second-order valence-electron chi connectivity index (χ2n) is 12.3. The first-order valence-electron chi connectivity index (χ1n) is 15.2. The quantitative estimate of drug-likeness (QED) is 0.187. The summed E-state index contributed by atoms with van der Waals surface area (Å²) in [4.78, 5) is 32.6. The third-order valence-corrected chi connectivity index (χ3v) is 9.44. The Kier molecular flexibility index (Phi) is 9.52. The Morgan fingerprint density at radius 3 is 2.33 bits per heavy atom. The van der Waals surface area contributed by atoms with Crippen LogP contribution in [-0.4, -0.2) is 63.5 Å². The van der Waals surface area contributed by atoms with Gasteiger partial charge in [0, 0.05) is 54.6 Å². The normalized spacial score (nSPS) is 15.4. The number of hydrogen-bond acceptors (Lipinski definition) is 8. The first kappa shape index (κ1) is 31.5. The van der Waals surface area contributed by atoms with E-state index in [1.165, 1.54) is 12.8 Å². The highest BCUT2D eigenvalue weighted by molar-refractivity contribution is 7.22. The number of piperazine rings is 1. The number of thiazole rings is 1. The Hall–Kier alpha value is -2.91. The Morgan fingerprint density at radius 2 is 1.72 bits per heavy atom. The highest BCUT2D eigenvalue weighted by Crippen LogP contribution is 2.44. The van der Waals surface area contributed by atoms with Gasteiger partial charge >= 0.3 is 0 Å². The molecule has 9 heteroatoms. The SMILES string of the molecule is CCC(CC)N1CCN(c2nccc(-c3nc4cc(C)c([C@H](OC(C)(C)C)C(C)=O)c(-c5ccc(Cl)cc5)c4s3)n2)CC1. The van der Waals surface area contributed by atoms with Crippen molar-refractivity contribution in [3.63, 3.8) is 0 Å². The van der Waals surface area contributed by atoms with E-state index in [0.29, 0.717) is 11.1 Å². The van der Waals surface area contributed by atoms with E-state index in [-0.39, 0.29) is 5.78 Å². The van der Waals surface area contributed by atoms with Crippen LogP contribution in [-0.2, 0) is 9.53 Å². The topological polar surface area (TPSA) is 71.5 Å². The first-order valence-corrected chi connectivity index (χ1v) is 16.4. The zero-order valence-corrected chi connectivity index (χ0v) is 27.8. The number of aromatic nitrogens is 3. The van der Waals surface area contributed by atoms with Crippen molar-refractivity contribution in [2.45, 2.75) is 79.1 Å². The molecule has 1 aliphatic rings. The molecule has 0 aliphatic carbocycles. The summed E-state index contributed by atoms with van der Waals surface area (Å²) in [5, 5.41) is 1.47. The summed E-state index contributed by atoms with van der Waals surface area (Å²) in [7, 11) is 0. The van der Waals surface area contributed by atoms with Gasteiger partial charge < -0.3 is 9.64 Å².